The molecule has 0 aliphatic rings. The maximum atomic E-state index is 12.3. The number of hydrogen-bond acceptors (Lipinski definition) is 5. The molecule has 2 aromatic rings. The zero-order chi connectivity index (χ0) is 17.2. The first kappa shape index (κ1) is 17.2. The topological polar surface area (TPSA) is 92.5 Å². The van der Waals surface area contributed by atoms with E-state index in [1.807, 2.05) is 0 Å². The highest BCUT2D eigenvalue weighted by Crippen LogP contribution is 2.19. The van der Waals surface area contributed by atoms with E-state index in [1.165, 1.54) is 41.7 Å². The fourth-order valence-electron chi connectivity index (χ4n) is 1.82. The largest absolute Gasteiger partial charge is 0.361 e. The van der Waals surface area contributed by atoms with E-state index >= 15 is 0 Å². The van der Waals surface area contributed by atoms with Crippen LogP contribution in [0.25, 0.3) is 0 Å². The second-order valence-electron chi connectivity index (χ2n) is 5.42. The van der Waals surface area contributed by atoms with Crippen LogP contribution in [0, 0.1) is 6.92 Å². The SMILES string of the molecule is Cc1cc(C(=O)Nc2ccc(S(=O)(=O)N(C)C(C)C)cc2)no1. The van der Waals surface area contributed by atoms with Crippen LogP contribution >= 0.6 is 0 Å². The van der Waals surface area contributed by atoms with Crippen molar-refractivity contribution in [1.82, 2.24) is 9.46 Å². The number of rotatable bonds is 5. The molecule has 0 aliphatic heterocycles. The standard InChI is InChI=1S/C15H19N3O4S/c1-10(2)18(4)23(20,21)13-7-5-12(6-8-13)16-15(19)14-9-11(3)22-17-14/h5-10H,1-4H3,(H,16,19). The summed E-state index contributed by atoms with van der Waals surface area (Å²) in [5, 5.41) is 6.25. The van der Waals surface area contributed by atoms with Crippen LogP contribution in [0.2, 0.25) is 0 Å². The summed E-state index contributed by atoms with van der Waals surface area (Å²) in [6, 6.07) is 7.36. The summed E-state index contributed by atoms with van der Waals surface area (Å²) in [7, 11) is -2.01. The highest BCUT2D eigenvalue weighted by molar-refractivity contribution is 7.89. The summed E-state index contributed by atoms with van der Waals surface area (Å²) >= 11 is 0. The molecule has 0 spiro atoms. The Morgan fingerprint density at radius 2 is 1.87 bits per heavy atom. The fraction of sp³-hybridized carbons (Fsp3) is 0.333. The monoisotopic (exact) mass is 337 g/mol. The van der Waals surface area contributed by atoms with Crippen LogP contribution in [0.5, 0.6) is 0 Å². The van der Waals surface area contributed by atoms with Crippen molar-refractivity contribution < 1.29 is 17.7 Å². The number of nitrogens with zero attached hydrogens (tertiary/aromatic N) is 2. The van der Waals surface area contributed by atoms with Gasteiger partial charge in [0.05, 0.1) is 4.90 Å². The highest BCUT2D eigenvalue weighted by atomic mass is 32.2. The van der Waals surface area contributed by atoms with Crippen molar-refractivity contribution in [2.24, 2.45) is 0 Å². The smallest absolute Gasteiger partial charge is 0.277 e. The Morgan fingerprint density at radius 1 is 1.26 bits per heavy atom. The normalized spacial score (nSPS) is 11.9. The first-order chi connectivity index (χ1) is 10.7. The minimum absolute atomic E-state index is 0.144. The summed E-state index contributed by atoms with van der Waals surface area (Å²) in [5.41, 5.74) is 0.639. The lowest BCUT2D eigenvalue weighted by atomic mass is 10.3. The molecule has 23 heavy (non-hydrogen) atoms. The van der Waals surface area contributed by atoms with Gasteiger partial charge in [-0.2, -0.15) is 4.31 Å². The number of hydrogen-bond donors (Lipinski definition) is 1. The molecule has 0 unspecified atom stereocenters. The number of sulfonamides is 1. The first-order valence-electron chi connectivity index (χ1n) is 7.04. The molecule has 2 rings (SSSR count). The van der Waals surface area contributed by atoms with Crippen LogP contribution in [-0.2, 0) is 10.0 Å². The average molecular weight is 337 g/mol. The molecule has 0 saturated heterocycles. The van der Waals surface area contributed by atoms with E-state index in [0.717, 1.165) is 0 Å². The second-order valence-corrected chi connectivity index (χ2v) is 7.41. The molecule has 0 radical (unpaired) electrons. The van der Waals surface area contributed by atoms with Crippen LogP contribution in [0.4, 0.5) is 5.69 Å². The summed E-state index contributed by atoms with van der Waals surface area (Å²) in [6.45, 7) is 5.28. The Labute approximate surface area is 135 Å². The number of carbonyl (C=O) groups excluding carboxylic acids is 1. The zero-order valence-corrected chi connectivity index (χ0v) is 14.2. The Bertz CT molecular complexity index is 794. The van der Waals surface area contributed by atoms with Crippen molar-refractivity contribution in [2.75, 3.05) is 12.4 Å². The molecule has 7 nitrogen and oxygen atoms in total. The molecule has 1 N–H and O–H groups in total. The molecule has 1 aromatic heterocycles. The number of benzene rings is 1. The molecular formula is C15H19N3O4S. The van der Waals surface area contributed by atoms with Gasteiger partial charge in [-0.15, -0.1) is 0 Å². The van der Waals surface area contributed by atoms with E-state index in [2.05, 4.69) is 10.5 Å². The Morgan fingerprint density at radius 3 is 2.35 bits per heavy atom. The molecule has 0 atom stereocenters. The highest BCUT2D eigenvalue weighted by Gasteiger charge is 2.23. The number of aromatic nitrogens is 1. The molecule has 124 valence electrons. The van der Waals surface area contributed by atoms with E-state index in [9.17, 15) is 13.2 Å². The third-order valence-electron chi connectivity index (χ3n) is 3.38. The van der Waals surface area contributed by atoms with Gasteiger partial charge in [-0.3, -0.25) is 4.79 Å². The number of aryl methyl sites for hydroxylation is 1. The van der Waals surface area contributed by atoms with E-state index in [1.54, 1.807) is 20.8 Å². The molecule has 0 aliphatic carbocycles. The Hall–Kier alpha value is -2.19. The minimum atomic E-state index is -3.54. The lowest BCUT2D eigenvalue weighted by Gasteiger charge is -2.21. The quantitative estimate of drug-likeness (QED) is 0.903. The van der Waals surface area contributed by atoms with Crippen LogP contribution in [0.15, 0.2) is 39.8 Å². The van der Waals surface area contributed by atoms with Gasteiger partial charge in [0.1, 0.15) is 5.76 Å². The van der Waals surface area contributed by atoms with Gasteiger partial charge in [-0.1, -0.05) is 5.16 Å². The number of nitrogens with one attached hydrogen (secondary N) is 1. The van der Waals surface area contributed by atoms with E-state index in [4.69, 9.17) is 4.52 Å². The van der Waals surface area contributed by atoms with Gasteiger partial charge >= 0.3 is 0 Å². The van der Waals surface area contributed by atoms with Crippen molar-refractivity contribution in [3.8, 4) is 0 Å². The molecule has 0 saturated carbocycles. The van der Waals surface area contributed by atoms with Crippen LogP contribution < -0.4 is 5.32 Å². The summed E-state index contributed by atoms with van der Waals surface area (Å²) in [5.74, 6) is 0.116. The van der Waals surface area contributed by atoms with Crippen molar-refractivity contribution in [1.29, 1.82) is 0 Å². The van der Waals surface area contributed by atoms with E-state index < -0.39 is 15.9 Å². The number of amides is 1. The number of carbonyl (C=O) groups is 1. The fourth-order valence-corrected chi connectivity index (χ4v) is 3.19. The minimum Gasteiger partial charge on any atom is -0.361 e. The summed E-state index contributed by atoms with van der Waals surface area (Å²) in [6.07, 6.45) is 0. The van der Waals surface area contributed by atoms with Crippen molar-refractivity contribution in [2.45, 2.75) is 31.7 Å². The number of anilines is 1. The predicted octanol–water partition coefficient (Wildman–Crippen LogP) is 2.26. The van der Waals surface area contributed by atoms with Crippen molar-refractivity contribution >= 4 is 21.6 Å². The van der Waals surface area contributed by atoms with Gasteiger partial charge in [-0.25, -0.2) is 8.42 Å². The molecule has 1 amide bonds. The van der Waals surface area contributed by atoms with Crippen molar-refractivity contribution in [3.63, 3.8) is 0 Å². The Balaban J connectivity index is 2.15. The van der Waals surface area contributed by atoms with Crippen LogP contribution in [0.3, 0.4) is 0 Å². The Kier molecular flexibility index (Phi) is 4.86. The third-order valence-corrected chi connectivity index (χ3v) is 5.42. The van der Waals surface area contributed by atoms with Crippen LogP contribution in [0.1, 0.15) is 30.1 Å². The second kappa shape index (κ2) is 6.51. The molecule has 0 bridgehead atoms. The van der Waals surface area contributed by atoms with E-state index in [-0.39, 0.29) is 16.6 Å². The van der Waals surface area contributed by atoms with Gasteiger partial charge in [0, 0.05) is 24.8 Å². The maximum Gasteiger partial charge on any atom is 0.277 e. The van der Waals surface area contributed by atoms with Gasteiger partial charge in [-0.05, 0) is 45.0 Å². The summed E-state index contributed by atoms with van der Waals surface area (Å²) < 4.78 is 30.8. The third kappa shape index (κ3) is 3.77. The van der Waals surface area contributed by atoms with Gasteiger partial charge in [0.15, 0.2) is 5.69 Å². The van der Waals surface area contributed by atoms with Gasteiger partial charge in [0.2, 0.25) is 10.0 Å². The molecule has 8 heteroatoms. The van der Waals surface area contributed by atoms with Gasteiger partial charge < -0.3 is 9.84 Å². The molecule has 0 fully saturated rings. The van der Waals surface area contributed by atoms with Crippen LogP contribution in [-0.4, -0.2) is 36.9 Å². The zero-order valence-electron chi connectivity index (χ0n) is 13.4. The predicted molar refractivity (Wildman–Crippen MR) is 85.7 cm³/mol. The molecule has 1 aromatic carbocycles. The maximum absolute atomic E-state index is 12.3. The lowest BCUT2D eigenvalue weighted by molar-refractivity contribution is 0.101. The summed E-state index contributed by atoms with van der Waals surface area (Å²) in [4.78, 5) is 12.1. The van der Waals surface area contributed by atoms with E-state index in [0.29, 0.717) is 11.4 Å². The molecule has 1 heterocycles. The average Bonchev–Trinajstić information content (AvgIpc) is 2.93. The van der Waals surface area contributed by atoms with Gasteiger partial charge in [0.25, 0.3) is 5.91 Å². The molecular weight excluding hydrogens is 318 g/mol. The van der Waals surface area contributed by atoms with Crippen molar-refractivity contribution in [3.05, 3.63) is 41.8 Å². The lowest BCUT2D eigenvalue weighted by Crippen LogP contribution is -2.33. The first-order valence-corrected chi connectivity index (χ1v) is 8.48.